The zero-order chi connectivity index (χ0) is 8.74. The largest absolute Gasteiger partial charge is 1.00 e. The highest BCUT2D eigenvalue weighted by Crippen LogP contribution is 2.05. The molecule has 0 heterocycles. The Morgan fingerprint density at radius 1 is 1.00 bits per heavy atom. The van der Waals surface area contributed by atoms with E-state index in [4.69, 9.17) is 0 Å². The number of quaternary nitrogens is 1. The van der Waals surface area contributed by atoms with E-state index in [1.54, 1.807) is 0 Å². The molecule has 4 heteroatoms. The summed E-state index contributed by atoms with van der Waals surface area (Å²) in [5.74, 6) is 0. The summed E-state index contributed by atoms with van der Waals surface area (Å²) in [6, 6.07) is 0. The molecule has 0 aliphatic carbocycles. The molecule has 0 fully saturated rings. The van der Waals surface area contributed by atoms with Crippen molar-refractivity contribution in [2.75, 3.05) is 26.2 Å². The van der Waals surface area contributed by atoms with E-state index in [1.165, 1.54) is 0 Å². The van der Waals surface area contributed by atoms with Gasteiger partial charge in [-0.1, -0.05) is 13.2 Å². The molecule has 0 aliphatic heterocycles. The quantitative estimate of drug-likeness (QED) is 0.509. The second-order valence-electron chi connectivity index (χ2n) is 2.92. The third-order valence-electron chi connectivity index (χ3n) is 2.37. The fourth-order valence-corrected chi connectivity index (χ4v) is 1.36. The SMILES string of the molecule is C=CC[N+](CC)(CC)CC=C.Cl.N.[Cl-]. The summed E-state index contributed by atoms with van der Waals surface area (Å²) in [6.45, 7) is 16.4. The Hall–Kier alpha value is -0.0200. The number of nitrogens with zero attached hydrogens (tertiary/aromatic N) is 1. The molecule has 0 radical (unpaired) electrons. The van der Waals surface area contributed by atoms with Crippen LogP contribution in [0.25, 0.3) is 0 Å². The maximum Gasteiger partial charge on any atom is 0.0973 e. The molecule has 0 spiro atoms. The zero-order valence-electron chi connectivity index (χ0n) is 9.34. The molecule has 0 amide bonds. The predicted octanol–water partition coefficient (Wildman–Crippen LogP) is -0.197. The molecule has 0 unspecified atom stereocenters. The van der Waals surface area contributed by atoms with E-state index in [9.17, 15) is 0 Å². The Morgan fingerprint density at radius 2 is 1.29 bits per heavy atom. The summed E-state index contributed by atoms with van der Waals surface area (Å²) < 4.78 is 1.09. The monoisotopic (exact) mass is 242 g/mol. The van der Waals surface area contributed by atoms with Gasteiger partial charge in [0.05, 0.1) is 26.2 Å². The van der Waals surface area contributed by atoms with E-state index >= 15 is 0 Å². The Balaban J connectivity index is -0.000000167. The number of hydrogen-bond acceptors (Lipinski definition) is 1. The molecule has 0 aromatic carbocycles. The van der Waals surface area contributed by atoms with Crippen molar-refractivity contribution in [3.8, 4) is 0 Å². The number of halogens is 2. The van der Waals surface area contributed by atoms with Crippen LogP contribution in [0, 0.1) is 0 Å². The van der Waals surface area contributed by atoms with E-state index in [-0.39, 0.29) is 31.0 Å². The fourth-order valence-electron chi connectivity index (χ4n) is 1.36. The second-order valence-corrected chi connectivity index (χ2v) is 2.92. The van der Waals surface area contributed by atoms with Gasteiger partial charge in [-0.15, -0.1) is 12.4 Å². The predicted molar refractivity (Wildman–Crippen MR) is 63.7 cm³/mol. The number of hydrogen-bond donors (Lipinski definition) is 1. The molecular formula is C10H24Cl2N2. The summed E-state index contributed by atoms with van der Waals surface area (Å²) >= 11 is 0. The highest BCUT2D eigenvalue weighted by molar-refractivity contribution is 5.85. The van der Waals surface area contributed by atoms with Crippen molar-refractivity contribution in [2.24, 2.45) is 0 Å². The molecule has 0 aliphatic rings. The van der Waals surface area contributed by atoms with Gasteiger partial charge in [0.25, 0.3) is 0 Å². The standard InChI is InChI=1S/C10H20N.2ClH.H3N/c1-5-9-11(7-3,8-4)10-6-2;;;/h5-6H,1-2,7-10H2,3-4H3;2*1H;1H3/q+1;;;/p-1. The zero-order valence-corrected chi connectivity index (χ0v) is 10.9. The van der Waals surface area contributed by atoms with Crippen molar-refractivity contribution in [1.29, 1.82) is 0 Å². The van der Waals surface area contributed by atoms with Gasteiger partial charge < -0.3 is 23.0 Å². The first kappa shape index (κ1) is 23.6. The Bertz CT molecular complexity index is 122. The van der Waals surface area contributed by atoms with Gasteiger partial charge in [0.15, 0.2) is 0 Å². The van der Waals surface area contributed by atoms with Crippen molar-refractivity contribution in [1.82, 2.24) is 6.15 Å². The third kappa shape index (κ3) is 7.39. The first-order valence-corrected chi connectivity index (χ1v) is 4.31. The summed E-state index contributed by atoms with van der Waals surface area (Å²) in [6.07, 6.45) is 3.99. The van der Waals surface area contributed by atoms with Crippen LogP contribution in [0.1, 0.15) is 13.8 Å². The third-order valence-corrected chi connectivity index (χ3v) is 2.37. The van der Waals surface area contributed by atoms with Crippen molar-refractivity contribution >= 4 is 12.4 Å². The molecule has 0 saturated heterocycles. The van der Waals surface area contributed by atoms with E-state index < -0.39 is 0 Å². The average molecular weight is 243 g/mol. The van der Waals surface area contributed by atoms with Crippen LogP contribution in [0.4, 0.5) is 0 Å². The maximum absolute atomic E-state index is 3.77. The molecule has 3 N–H and O–H groups in total. The molecule has 0 aromatic heterocycles. The first-order chi connectivity index (χ1) is 5.24. The van der Waals surface area contributed by atoms with E-state index in [2.05, 4.69) is 27.0 Å². The van der Waals surface area contributed by atoms with Crippen LogP contribution in [0.3, 0.4) is 0 Å². The van der Waals surface area contributed by atoms with Crippen molar-refractivity contribution in [3.05, 3.63) is 25.3 Å². The van der Waals surface area contributed by atoms with Gasteiger partial charge in [-0.05, 0) is 26.0 Å². The highest BCUT2D eigenvalue weighted by Gasteiger charge is 2.18. The van der Waals surface area contributed by atoms with Crippen LogP contribution >= 0.6 is 12.4 Å². The van der Waals surface area contributed by atoms with Gasteiger partial charge >= 0.3 is 0 Å². The number of rotatable bonds is 6. The highest BCUT2D eigenvalue weighted by atomic mass is 35.5. The van der Waals surface area contributed by atoms with Gasteiger partial charge in [0.1, 0.15) is 0 Å². The molecule has 14 heavy (non-hydrogen) atoms. The van der Waals surface area contributed by atoms with Crippen LogP contribution in [-0.2, 0) is 0 Å². The Morgan fingerprint density at radius 3 is 1.43 bits per heavy atom. The van der Waals surface area contributed by atoms with E-state index in [1.807, 2.05) is 12.2 Å². The van der Waals surface area contributed by atoms with Gasteiger partial charge in [-0.3, -0.25) is 0 Å². The van der Waals surface area contributed by atoms with Crippen LogP contribution in [-0.4, -0.2) is 30.7 Å². The van der Waals surface area contributed by atoms with E-state index in [0.29, 0.717) is 0 Å². The minimum absolute atomic E-state index is 0. The van der Waals surface area contributed by atoms with Gasteiger partial charge in [-0.25, -0.2) is 0 Å². The lowest BCUT2D eigenvalue weighted by atomic mass is 10.3. The molecule has 0 aromatic rings. The topological polar surface area (TPSA) is 35.0 Å². The maximum atomic E-state index is 3.77. The Kier molecular flexibility index (Phi) is 21.9. The normalized spacial score (nSPS) is 8.71. The van der Waals surface area contributed by atoms with Crippen LogP contribution < -0.4 is 18.6 Å². The molecule has 0 bridgehead atoms. The van der Waals surface area contributed by atoms with Crippen LogP contribution in [0.2, 0.25) is 0 Å². The smallest absolute Gasteiger partial charge is 0.0973 e. The minimum atomic E-state index is 0. The molecular weight excluding hydrogens is 219 g/mol. The first-order valence-electron chi connectivity index (χ1n) is 4.31. The van der Waals surface area contributed by atoms with Crippen molar-refractivity contribution < 1.29 is 16.9 Å². The van der Waals surface area contributed by atoms with Crippen LogP contribution in [0.5, 0.6) is 0 Å². The lowest BCUT2D eigenvalue weighted by Crippen LogP contribution is -3.00. The van der Waals surface area contributed by atoms with E-state index in [0.717, 1.165) is 30.7 Å². The number of likely N-dealkylation sites (N-methyl/N-ethyl adjacent to an activating group) is 1. The summed E-state index contributed by atoms with van der Waals surface area (Å²) in [5.41, 5.74) is 0. The Labute approximate surface area is 101 Å². The van der Waals surface area contributed by atoms with Gasteiger partial charge in [-0.2, -0.15) is 0 Å². The van der Waals surface area contributed by atoms with Gasteiger partial charge in [0, 0.05) is 0 Å². The van der Waals surface area contributed by atoms with Gasteiger partial charge in [0.2, 0.25) is 0 Å². The lowest BCUT2D eigenvalue weighted by molar-refractivity contribution is -0.914. The summed E-state index contributed by atoms with van der Waals surface area (Å²) in [4.78, 5) is 0. The average Bonchev–Trinajstić information content (AvgIpc) is 2.04. The second kappa shape index (κ2) is 13.0. The molecule has 0 saturated carbocycles. The molecule has 0 atom stereocenters. The molecule has 2 nitrogen and oxygen atoms in total. The lowest BCUT2D eigenvalue weighted by Gasteiger charge is -2.34. The van der Waals surface area contributed by atoms with Crippen LogP contribution in [0.15, 0.2) is 25.3 Å². The summed E-state index contributed by atoms with van der Waals surface area (Å²) in [5, 5.41) is 0. The van der Waals surface area contributed by atoms with Crippen molar-refractivity contribution in [3.63, 3.8) is 0 Å². The van der Waals surface area contributed by atoms with Crippen molar-refractivity contribution in [2.45, 2.75) is 13.8 Å². The fraction of sp³-hybridized carbons (Fsp3) is 0.600. The molecule has 0 rings (SSSR count). The summed E-state index contributed by atoms with van der Waals surface area (Å²) in [7, 11) is 0. The molecule has 88 valence electrons. The minimum Gasteiger partial charge on any atom is -1.00 e.